The highest BCUT2D eigenvalue weighted by Crippen LogP contribution is 2.29. The van der Waals surface area contributed by atoms with Crippen LogP contribution in [0.1, 0.15) is 16.7 Å². The van der Waals surface area contributed by atoms with E-state index in [1.54, 1.807) is 6.07 Å². The van der Waals surface area contributed by atoms with Crippen LogP contribution in [0.25, 0.3) is 0 Å². The highest BCUT2D eigenvalue weighted by Gasteiger charge is 2.29. The maximum Gasteiger partial charge on any atom is 0.416 e. The minimum Gasteiger partial charge on any atom is -0.381 e. The molecule has 5 heteroatoms. The van der Waals surface area contributed by atoms with Crippen LogP contribution in [0.3, 0.4) is 0 Å². The van der Waals surface area contributed by atoms with Gasteiger partial charge in [0.05, 0.1) is 5.56 Å². The molecule has 0 aliphatic rings. The Morgan fingerprint density at radius 1 is 1.05 bits per heavy atom. The fraction of sp³-hybridized carbons (Fsp3) is 0.200. The van der Waals surface area contributed by atoms with Gasteiger partial charge in [-0.1, -0.05) is 17.7 Å². The minimum absolute atomic E-state index is 0.536. The van der Waals surface area contributed by atoms with Crippen molar-refractivity contribution in [2.75, 3.05) is 5.32 Å². The van der Waals surface area contributed by atoms with E-state index >= 15 is 0 Å². The third-order valence-electron chi connectivity index (χ3n) is 3.00. The Balaban J connectivity index is 2.04. The molecule has 0 unspecified atom stereocenters. The molecule has 0 amide bonds. The van der Waals surface area contributed by atoms with Gasteiger partial charge in [0.15, 0.2) is 0 Å². The lowest BCUT2D eigenvalue weighted by Gasteiger charge is -2.11. The maximum absolute atomic E-state index is 12.4. The highest BCUT2D eigenvalue weighted by molar-refractivity contribution is 6.30. The van der Waals surface area contributed by atoms with Crippen molar-refractivity contribution < 1.29 is 13.2 Å². The highest BCUT2D eigenvalue weighted by atomic mass is 35.5. The molecule has 0 aliphatic heterocycles. The third-order valence-corrected chi connectivity index (χ3v) is 3.23. The molecule has 0 aliphatic carbocycles. The first-order valence-corrected chi connectivity index (χ1v) is 6.40. The SMILES string of the molecule is Cc1cc(Cl)ccc1CNc1ccc(C(F)(F)F)cc1. The lowest BCUT2D eigenvalue weighted by atomic mass is 10.1. The van der Waals surface area contributed by atoms with Gasteiger partial charge < -0.3 is 5.32 Å². The summed E-state index contributed by atoms with van der Waals surface area (Å²) in [6.07, 6.45) is -4.30. The molecule has 0 heterocycles. The molecular weight excluding hydrogens is 287 g/mol. The van der Waals surface area contributed by atoms with Gasteiger partial charge in [0.25, 0.3) is 0 Å². The average molecular weight is 300 g/mol. The second-order valence-corrected chi connectivity index (χ2v) is 4.94. The van der Waals surface area contributed by atoms with Gasteiger partial charge in [-0.2, -0.15) is 13.2 Å². The van der Waals surface area contributed by atoms with E-state index < -0.39 is 11.7 Å². The number of halogens is 4. The summed E-state index contributed by atoms with van der Waals surface area (Å²) < 4.78 is 37.3. The minimum atomic E-state index is -4.30. The summed E-state index contributed by atoms with van der Waals surface area (Å²) >= 11 is 5.87. The van der Waals surface area contributed by atoms with Gasteiger partial charge in [0, 0.05) is 17.3 Å². The summed E-state index contributed by atoms with van der Waals surface area (Å²) in [5.74, 6) is 0. The van der Waals surface area contributed by atoms with E-state index in [9.17, 15) is 13.2 Å². The Hall–Kier alpha value is -1.68. The first-order chi connectivity index (χ1) is 9.36. The molecule has 0 aromatic heterocycles. The van der Waals surface area contributed by atoms with Gasteiger partial charge in [0.1, 0.15) is 0 Å². The molecule has 0 radical (unpaired) electrons. The van der Waals surface area contributed by atoms with Crippen LogP contribution in [0.4, 0.5) is 18.9 Å². The van der Waals surface area contributed by atoms with Crippen LogP contribution in [0.2, 0.25) is 5.02 Å². The normalized spacial score (nSPS) is 11.4. The van der Waals surface area contributed by atoms with Crippen LogP contribution >= 0.6 is 11.6 Å². The van der Waals surface area contributed by atoms with Crippen molar-refractivity contribution in [3.05, 3.63) is 64.2 Å². The van der Waals surface area contributed by atoms with Crippen molar-refractivity contribution in [3.8, 4) is 0 Å². The van der Waals surface area contributed by atoms with Crippen LogP contribution in [0.5, 0.6) is 0 Å². The number of aryl methyl sites for hydroxylation is 1. The van der Waals surface area contributed by atoms with E-state index in [1.165, 1.54) is 12.1 Å². The van der Waals surface area contributed by atoms with Crippen LogP contribution in [0, 0.1) is 6.92 Å². The summed E-state index contributed by atoms with van der Waals surface area (Å²) in [5.41, 5.74) is 2.09. The summed E-state index contributed by atoms with van der Waals surface area (Å²) in [6, 6.07) is 10.5. The molecule has 2 aromatic rings. The second kappa shape index (κ2) is 5.75. The first-order valence-electron chi connectivity index (χ1n) is 6.02. The molecule has 0 fully saturated rings. The number of hydrogen-bond acceptors (Lipinski definition) is 1. The summed E-state index contributed by atoms with van der Waals surface area (Å²) in [6.45, 7) is 2.48. The van der Waals surface area contributed by atoms with E-state index in [0.29, 0.717) is 17.3 Å². The quantitative estimate of drug-likeness (QED) is 0.813. The first kappa shape index (κ1) is 14.7. The summed E-state index contributed by atoms with van der Waals surface area (Å²) in [5, 5.41) is 3.76. The van der Waals surface area contributed by atoms with Crippen molar-refractivity contribution in [1.82, 2.24) is 0 Å². The molecule has 1 N–H and O–H groups in total. The lowest BCUT2D eigenvalue weighted by Crippen LogP contribution is -2.05. The zero-order valence-corrected chi connectivity index (χ0v) is 11.5. The molecule has 1 nitrogen and oxygen atoms in total. The second-order valence-electron chi connectivity index (χ2n) is 4.50. The standard InChI is InChI=1S/C15H13ClF3N/c1-10-8-13(16)5-2-11(10)9-20-14-6-3-12(4-7-14)15(17,18)19/h2-8,20H,9H2,1H3. The van der Waals surface area contributed by atoms with Crippen LogP contribution < -0.4 is 5.32 Å². The molecule has 0 saturated heterocycles. The third kappa shape index (κ3) is 3.67. The Morgan fingerprint density at radius 3 is 2.25 bits per heavy atom. The summed E-state index contributed by atoms with van der Waals surface area (Å²) in [4.78, 5) is 0. The predicted molar refractivity (Wildman–Crippen MR) is 75.0 cm³/mol. The Labute approximate surface area is 120 Å². The van der Waals surface area contributed by atoms with Gasteiger partial charge >= 0.3 is 6.18 Å². The molecule has 2 rings (SSSR count). The number of benzene rings is 2. The molecular formula is C15H13ClF3N. The van der Waals surface area contributed by atoms with Crippen molar-refractivity contribution in [3.63, 3.8) is 0 Å². The van der Waals surface area contributed by atoms with E-state index in [2.05, 4.69) is 5.32 Å². The zero-order chi connectivity index (χ0) is 14.8. The van der Waals surface area contributed by atoms with Gasteiger partial charge in [0.2, 0.25) is 0 Å². The van der Waals surface area contributed by atoms with Gasteiger partial charge in [-0.15, -0.1) is 0 Å². The number of alkyl halides is 3. The molecule has 0 bridgehead atoms. The largest absolute Gasteiger partial charge is 0.416 e. The molecule has 0 atom stereocenters. The lowest BCUT2D eigenvalue weighted by molar-refractivity contribution is -0.137. The Morgan fingerprint density at radius 2 is 1.70 bits per heavy atom. The Kier molecular flexibility index (Phi) is 4.23. The van der Waals surface area contributed by atoms with E-state index in [-0.39, 0.29) is 0 Å². The van der Waals surface area contributed by atoms with E-state index in [1.807, 2.05) is 19.1 Å². The average Bonchev–Trinajstić information content (AvgIpc) is 2.37. The predicted octanol–water partition coefficient (Wildman–Crippen LogP) is 5.28. The van der Waals surface area contributed by atoms with Crippen molar-refractivity contribution >= 4 is 17.3 Å². The fourth-order valence-corrected chi connectivity index (χ4v) is 2.06. The number of nitrogens with one attached hydrogen (secondary N) is 1. The molecule has 106 valence electrons. The van der Waals surface area contributed by atoms with Gasteiger partial charge in [-0.05, 0) is 54.4 Å². The van der Waals surface area contributed by atoms with Gasteiger partial charge in [-0.3, -0.25) is 0 Å². The van der Waals surface area contributed by atoms with Crippen molar-refractivity contribution in [2.24, 2.45) is 0 Å². The summed E-state index contributed by atoms with van der Waals surface area (Å²) in [7, 11) is 0. The van der Waals surface area contributed by atoms with Crippen molar-refractivity contribution in [1.29, 1.82) is 0 Å². The monoisotopic (exact) mass is 299 g/mol. The number of anilines is 1. The van der Waals surface area contributed by atoms with Gasteiger partial charge in [-0.25, -0.2) is 0 Å². The molecule has 20 heavy (non-hydrogen) atoms. The van der Waals surface area contributed by atoms with Crippen LogP contribution in [0.15, 0.2) is 42.5 Å². The molecule has 0 saturated carbocycles. The Bertz CT molecular complexity index is 591. The van der Waals surface area contributed by atoms with E-state index in [0.717, 1.165) is 23.3 Å². The molecule has 2 aromatic carbocycles. The molecule has 0 spiro atoms. The fourth-order valence-electron chi connectivity index (χ4n) is 1.83. The number of rotatable bonds is 3. The zero-order valence-electron chi connectivity index (χ0n) is 10.8. The van der Waals surface area contributed by atoms with Crippen LogP contribution in [-0.4, -0.2) is 0 Å². The number of hydrogen-bond donors (Lipinski definition) is 1. The topological polar surface area (TPSA) is 12.0 Å². The van der Waals surface area contributed by atoms with Crippen molar-refractivity contribution in [2.45, 2.75) is 19.6 Å². The van der Waals surface area contributed by atoms with Crippen LogP contribution in [-0.2, 0) is 12.7 Å². The van der Waals surface area contributed by atoms with E-state index in [4.69, 9.17) is 11.6 Å². The smallest absolute Gasteiger partial charge is 0.381 e. The maximum atomic E-state index is 12.4.